The van der Waals surface area contributed by atoms with Gasteiger partial charge >= 0.3 is 7.12 Å². The Labute approximate surface area is 206 Å². The second-order valence-electron chi connectivity index (χ2n) is 5.63. The van der Waals surface area contributed by atoms with E-state index in [0.717, 1.165) is 5.56 Å². The van der Waals surface area contributed by atoms with Crippen LogP contribution >= 0.6 is 47.8 Å². The second-order valence-corrected chi connectivity index (χ2v) is 8.01. The summed E-state index contributed by atoms with van der Waals surface area (Å²) >= 11 is 9.24. The molecule has 4 aromatic rings. The van der Waals surface area contributed by atoms with Gasteiger partial charge in [0.25, 0.3) is 11.1 Å². The quantitative estimate of drug-likeness (QED) is 0.244. The van der Waals surface area contributed by atoms with Gasteiger partial charge in [0.2, 0.25) is 0 Å². The van der Waals surface area contributed by atoms with Crippen LogP contribution in [0.3, 0.4) is 0 Å². The van der Waals surface area contributed by atoms with Gasteiger partial charge in [0.1, 0.15) is 14.9 Å². The van der Waals surface area contributed by atoms with Crippen molar-refractivity contribution in [2.45, 2.75) is 0 Å². The topological polar surface area (TPSA) is 158 Å². The molecule has 0 aliphatic heterocycles. The highest BCUT2D eigenvalue weighted by atomic mass is 79.9. The maximum atomic E-state index is 11.4. The maximum Gasteiger partial charge on any atom is 0.488 e. The fourth-order valence-electron chi connectivity index (χ4n) is 1.99. The van der Waals surface area contributed by atoms with E-state index in [4.69, 9.17) is 10.0 Å². The monoisotopic (exact) mass is 626 g/mol. The number of nitrogens with zero attached hydrogens (tertiary/aromatic N) is 4. The van der Waals surface area contributed by atoms with Gasteiger partial charge in [-0.05, 0) is 77.5 Å². The molecule has 0 unspecified atom stereocenters. The average molecular weight is 629 g/mol. The van der Waals surface area contributed by atoms with Crippen LogP contribution in [0.1, 0.15) is 0 Å². The van der Waals surface area contributed by atoms with Crippen molar-refractivity contribution in [1.29, 1.82) is 0 Å². The van der Waals surface area contributed by atoms with Crippen LogP contribution in [-0.4, -0.2) is 47.1 Å². The lowest BCUT2D eigenvalue weighted by Gasteiger charge is -1.98. The molecule has 164 valence electrons. The van der Waals surface area contributed by atoms with Crippen LogP contribution in [-0.2, 0) is 0 Å². The molecule has 4 heterocycles. The van der Waals surface area contributed by atoms with Crippen molar-refractivity contribution in [3.05, 3.63) is 96.0 Å². The third kappa shape index (κ3) is 8.55. The van der Waals surface area contributed by atoms with Crippen molar-refractivity contribution in [3.8, 4) is 11.3 Å². The van der Waals surface area contributed by atoms with Gasteiger partial charge in [-0.2, -0.15) is 0 Å². The number of aromatic nitrogens is 6. The van der Waals surface area contributed by atoms with Gasteiger partial charge in [0, 0.05) is 42.7 Å². The molecule has 0 bridgehead atoms. The van der Waals surface area contributed by atoms with Crippen LogP contribution in [0.15, 0.2) is 84.8 Å². The average Bonchev–Trinajstić information content (AvgIpc) is 2.80. The van der Waals surface area contributed by atoms with Crippen LogP contribution in [0.25, 0.3) is 11.3 Å². The molecule has 4 rings (SSSR count). The smallest absolute Gasteiger partial charge is 0.423 e. The van der Waals surface area contributed by atoms with Gasteiger partial charge in [-0.3, -0.25) is 19.6 Å². The van der Waals surface area contributed by atoms with Crippen molar-refractivity contribution in [3.63, 3.8) is 0 Å². The molecular formula is C18H14BBr3N6O4. The largest absolute Gasteiger partial charge is 0.488 e. The molecule has 0 amide bonds. The molecule has 32 heavy (non-hydrogen) atoms. The number of pyridine rings is 2. The Balaban J connectivity index is 0.000000178. The van der Waals surface area contributed by atoms with Crippen LogP contribution in [0.5, 0.6) is 0 Å². The molecule has 0 aromatic carbocycles. The van der Waals surface area contributed by atoms with E-state index in [-0.39, 0.29) is 15.7 Å². The Morgan fingerprint density at radius 2 is 1.25 bits per heavy atom. The van der Waals surface area contributed by atoms with E-state index < -0.39 is 7.12 Å². The Kier molecular flexibility index (Phi) is 10.6. The summed E-state index contributed by atoms with van der Waals surface area (Å²) in [5.41, 5.74) is 1.17. The number of nitrogens with one attached hydrogen (secondary N) is 2. The molecule has 0 aliphatic rings. The summed E-state index contributed by atoms with van der Waals surface area (Å²) in [5.74, 6) is 0. The van der Waals surface area contributed by atoms with Gasteiger partial charge < -0.3 is 20.0 Å². The fraction of sp³-hybridized carbons (Fsp3) is 0. The number of rotatable bonds is 2. The number of hydrogen-bond donors (Lipinski definition) is 4. The minimum atomic E-state index is -1.38. The Morgan fingerprint density at radius 3 is 1.72 bits per heavy atom. The van der Waals surface area contributed by atoms with Crippen molar-refractivity contribution in [2.24, 2.45) is 0 Å². The zero-order valence-electron chi connectivity index (χ0n) is 16.0. The van der Waals surface area contributed by atoms with Gasteiger partial charge in [-0.1, -0.05) is 0 Å². The summed E-state index contributed by atoms with van der Waals surface area (Å²) in [6.45, 7) is 0. The first kappa shape index (κ1) is 25.7. The highest BCUT2D eigenvalue weighted by molar-refractivity contribution is 9.11. The summed E-state index contributed by atoms with van der Waals surface area (Å²) in [7, 11) is -1.38. The van der Waals surface area contributed by atoms with Crippen molar-refractivity contribution >= 4 is 60.4 Å². The van der Waals surface area contributed by atoms with Crippen LogP contribution in [0.2, 0.25) is 0 Å². The van der Waals surface area contributed by atoms with Gasteiger partial charge in [0.05, 0.1) is 0 Å². The van der Waals surface area contributed by atoms with Crippen molar-refractivity contribution in [2.75, 3.05) is 0 Å². The van der Waals surface area contributed by atoms with E-state index in [0.29, 0.717) is 20.4 Å². The molecule has 0 saturated heterocycles. The Morgan fingerprint density at radius 1 is 0.750 bits per heavy atom. The molecule has 4 N–H and O–H groups in total. The molecule has 10 nitrogen and oxygen atoms in total. The molecule has 0 fully saturated rings. The molecule has 0 saturated carbocycles. The second kappa shape index (κ2) is 13.1. The summed E-state index contributed by atoms with van der Waals surface area (Å²) in [6.07, 6.45) is 9.25. The molecule has 0 spiro atoms. The molecule has 14 heteroatoms. The Bertz CT molecular complexity index is 1240. The van der Waals surface area contributed by atoms with Crippen LogP contribution in [0, 0.1) is 0 Å². The summed E-state index contributed by atoms with van der Waals surface area (Å²) in [5, 5.41) is 17.1. The van der Waals surface area contributed by atoms with E-state index in [2.05, 4.69) is 77.7 Å². The minimum Gasteiger partial charge on any atom is -0.423 e. The first-order valence-electron chi connectivity index (χ1n) is 8.60. The van der Waals surface area contributed by atoms with Gasteiger partial charge in [0.15, 0.2) is 4.60 Å². The SMILES string of the molecule is O=c1[nH]cc(Br)nc1-c1ccncc1.O=c1[nH]cc(Br)nc1Br.OB(O)c1ccncc1. The number of halogens is 3. The van der Waals surface area contributed by atoms with Crippen LogP contribution in [0.4, 0.5) is 0 Å². The van der Waals surface area contributed by atoms with Gasteiger partial charge in [-0.15, -0.1) is 0 Å². The molecule has 0 radical (unpaired) electrons. The summed E-state index contributed by atoms with van der Waals surface area (Å²) in [6, 6.07) is 6.57. The predicted molar refractivity (Wildman–Crippen MR) is 130 cm³/mol. The summed E-state index contributed by atoms with van der Waals surface area (Å²) in [4.78, 5) is 42.5. The first-order valence-corrected chi connectivity index (χ1v) is 11.0. The standard InChI is InChI=1S/C9H6BrN3O.C5H6BNO2.C4H2Br2N2O/c10-7-5-12-9(14)8(13-7)6-1-3-11-4-2-6;8-6(9)5-1-3-7-4-2-5;5-2-1-7-4(9)3(6)8-2/h1-5H,(H,12,14);1-4,8-9H;1H,(H,7,9). The molecule has 4 aromatic heterocycles. The fourth-order valence-corrected chi connectivity index (χ4v) is 3.11. The van der Waals surface area contributed by atoms with E-state index in [9.17, 15) is 9.59 Å². The lowest BCUT2D eigenvalue weighted by molar-refractivity contribution is 0.425. The van der Waals surface area contributed by atoms with Crippen molar-refractivity contribution in [1.82, 2.24) is 29.9 Å². The number of aromatic amines is 2. The minimum absolute atomic E-state index is 0.209. The van der Waals surface area contributed by atoms with E-state index in [1.165, 1.54) is 24.8 Å². The van der Waals surface area contributed by atoms with E-state index in [1.807, 2.05) is 0 Å². The van der Waals surface area contributed by atoms with E-state index >= 15 is 0 Å². The number of H-pyrrole nitrogens is 2. The molecule has 0 aliphatic carbocycles. The third-order valence-electron chi connectivity index (χ3n) is 3.43. The Hall–Kier alpha value is -2.52. The zero-order chi connectivity index (χ0) is 23.5. The first-order chi connectivity index (χ1) is 15.3. The zero-order valence-corrected chi connectivity index (χ0v) is 20.7. The van der Waals surface area contributed by atoms with Gasteiger partial charge in [-0.25, -0.2) is 9.97 Å². The number of hydrogen-bond acceptors (Lipinski definition) is 8. The molecular weight excluding hydrogens is 615 g/mol. The maximum absolute atomic E-state index is 11.4. The lowest BCUT2D eigenvalue weighted by Crippen LogP contribution is -2.29. The molecule has 0 atom stereocenters. The summed E-state index contributed by atoms with van der Waals surface area (Å²) < 4.78 is 1.50. The highest BCUT2D eigenvalue weighted by Crippen LogP contribution is 2.12. The third-order valence-corrected chi connectivity index (χ3v) is 4.78. The van der Waals surface area contributed by atoms with Crippen molar-refractivity contribution < 1.29 is 10.0 Å². The highest BCUT2D eigenvalue weighted by Gasteiger charge is 2.08. The normalized spacial score (nSPS) is 9.66. The van der Waals surface area contributed by atoms with E-state index in [1.54, 1.807) is 36.7 Å². The lowest BCUT2D eigenvalue weighted by atomic mass is 9.81. The van der Waals surface area contributed by atoms with Crippen LogP contribution < -0.4 is 16.6 Å². The predicted octanol–water partition coefficient (Wildman–Crippen LogP) is 1.65.